The van der Waals surface area contributed by atoms with Crippen molar-refractivity contribution in [3.05, 3.63) is 21.9 Å². The van der Waals surface area contributed by atoms with Crippen molar-refractivity contribution >= 4 is 29.2 Å². The Kier molecular flexibility index (Phi) is 5.94. The monoisotopic (exact) mass is 341 g/mol. The summed E-state index contributed by atoms with van der Waals surface area (Å²) in [5.74, 6) is -0.904. The highest BCUT2D eigenvalue weighted by molar-refractivity contribution is 7.15. The molecule has 0 unspecified atom stereocenters. The van der Waals surface area contributed by atoms with E-state index < -0.39 is 5.91 Å². The lowest BCUT2D eigenvalue weighted by Crippen LogP contribution is -2.46. The average Bonchev–Trinajstić information content (AvgIpc) is 3.05. The van der Waals surface area contributed by atoms with Gasteiger partial charge in [0.15, 0.2) is 0 Å². The van der Waals surface area contributed by atoms with Crippen LogP contribution in [0.25, 0.3) is 0 Å². The van der Waals surface area contributed by atoms with Crippen LogP contribution in [0.5, 0.6) is 0 Å². The van der Waals surface area contributed by atoms with Crippen molar-refractivity contribution in [3.8, 4) is 0 Å². The zero-order valence-electron chi connectivity index (χ0n) is 12.7. The number of amides is 3. The predicted octanol–water partition coefficient (Wildman–Crippen LogP) is 1.22. The molecular weight excluding hydrogens is 322 g/mol. The largest absolute Gasteiger partial charge is 0.450 e. The van der Waals surface area contributed by atoms with E-state index in [0.29, 0.717) is 37.4 Å². The molecule has 23 heavy (non-hydrogen) atoms. The molecule has 9 heteroatoms. The summed E-state index contributed by atoms with van der Waals surface area (Å²) in [7, 11) is 0. The van der Waals surface area contributed by atoms with Gasteiger partial charge in [0.25, 0.3) is 11.8 Å². The van der Waals surface area contributed by atoms with E-state index in [9.17, 15) is 14.4 Å². The summed E-state index contributed by atoms with van der Waals surface area (Å²) in [6.45, 7) is 3.17. The topological polar surface area (TPSA) is 108 Å². The van der Waals surface area contributed by atoms with Crippen molar-refractivity contribution in [1.82, 2.24) is 15.7 Å². The first kappa shape index (κ1) is 17.2. The summed E-state index contributed by atoms with van der Waals surface area (Å²) >= 11 is 1.01. The number of likely N-dealkylation sites (tertiary alicyclic amines) is 1. The molecule has 0 spiro atoms. The van der Waals surface area contributed by atoms with Gasteiger partial charge >= 0.3 is 6.09 Å². The summed E-state index contributed by atoms with van der Waals surface area (Å²) in [5, 5.41) is 11.5. The first-order chi connectivity index (χ1) is 11.0. The molecule has 2 rings (SSSR count). The third kappa shape index (κ3) is 4.42. The van der Waals surface area contributed by atoms with Crippen LogP contribution in [-0.2, 0) is 4.74 Å². The van der Waals surface area contributed by atoms with Crippen LogP contribution in [0.15, 0.2) is 12.1 Å². The number of carbonyl (C=O) groups is 3. The van der Waals surface area contributed by atoms with E-state index >= 15 is 0 Å². The Bertz CT molecular complexity index is 581. The van der Waals surface area contributed by atoms with Crippen molar-refractivity contribution in [2.24, 2.45) is 0 Å². The van der Waals surface area contributed by atoms with Gasteiger partial charge in [-0.15, -0.1) is 11.3 Å². The fourth-order valence-electron chi connectivity index (χ4n) is 2.31. The maximum atomic E-state index is 12.2. The van der Waals surface area contributed by atoms with E-state index in [2.05, 4.69) is 5.32 Å². The normalized spacial score (nSPS) is 15.1. The Morgan fingerprint density at radius 1 is 1.26 bits per heavy atom. The number of rotatable bonds is 4. The number of nitrogens with one attached hydrogen (secondary N) is 2. The van der Waals surface area contributed by atoms with Gasteiger partial charge in [0.05, 0.1) is 16.4 Å². The predicted molar refractivity (Wildman–Crippen MR) is 82.7 cm³/mol. The number of hydrogen-bond donors (Lipinski definition) is 3. The third-order valence-electron chi connectivity index (χ3n) is 3.51. The summed E-state index contributed by atoms with van der Waals surface area (Å²) < 4.78 is 4.95. The Balaban J connectivity index is 1.84. The van der Waals surface area contributed by atoms with Gasteiger partial charge in [-0.05, 0) is 31.9 Å². The van der Waals surface area contributed by atoms with Crippen molar-refractivity contribution in [3.63, 3.8) is 0 Å². The van der Waals surface area contributed by atoms with Crippen LogP contribution in [-0.4, -0.2) is 53.8 Å². The molecule has 1 saturated heterocycles. The fraction of sp³-hybridized carbons (Fsp3) is 0.500. The maximum Gasteiger partial charge on any atom is 0.409 e. The van der Waals surface area contributed by atoms with E-state index in [0.717, 1.165) is 11.3 Å². The molecule has 0 bridgehead atoms. The molecule has 1 aromatic rings. The van der Waals surface area contributed by atoms with Gasteiger partial charge in [0.1, 0.15) is 0 Å². The van der Waals surface area contributed by atoms with E-state index in [4.69, 9.17) is 9.94 Å². The standard InChI is InChI=1S/C14H19N3O5S/c1-2-22-14(20)17-7-5-9(6-8-17)15-12(18)10-3-4-11(23-10)13(19)16-21/h3-4,9,21H,2,5-8H2,1H3,(H,15,18)(H,16,19). The van der Waals surface area contributed by atoms with Crippen molar-refractivity contribution in [2.45, 2.75) is 25.8 Å². The van der Waals surface area contributed by atoms with Crippen LogP contribution in [0.2, 0.25) is 0 Å². The molecular formula is C14H19N3O5S. The Morgan fingerprint density at radius 3 is 2.43 bits per heavy atom. The van der Waals surface area contributed by atoms with E-state index in [1.807, 2.05) is 0 Å². The van der Waals surface area contributed by atoms with Gasteiger partial charge in [-0.25, -0.2) is 10.3 Å². The van der Waals surface area contributed by atoms with Crippen LogP contribution in [0.4, 0.5) is 4.79 Å². The van der Waals surface area contributed by atoms with Crippen LogP contribution in [0, 0.1) is 0 Å². The summed E-state index contributed by atoms with van der Waals surface area (Å²) in [5.41, 5.74) is 1.53. The molecule has 3 N–H and O–H groups in total. The lowest BCUT2D eigenvalue weighted by molar-refractivity contribution is 0.0710. The summed E-state index contributed by atoms with van der Waals surface area (Å²) in [6.07, 6.45) is 0.981. The Morgan fingerprint density at radius 2 is 1.87 bits per heavy atom. The highest BCUT2D eigenvalue weighted by Crippen LogP contribution is 2.18. The lowest BCUT2D eigenvalue weighted by Gasteiger charge is -2.31. The van der Waals surface area contributed by atoms with Crippen LogP contribution in [0.3, 0.4) is 0 Å². The fourth-order valence-corrected chi connectivity index (χ4v) is 3.11. The number of ether oxygens (including phenoxy) is 1. The second-order valence-electron chi connectivity index (χ2n) is 5.04. The van der Waals surface area contributed by atoms with E-state index in [-0.39, 0.29) is 22.9 Å². The molecule has 8 nitrogen and oxygen atoms in total. The molecule has 126 valence electrons. The lowest BCUT2D eigenvalue weighted by atomic mass is 10.1. The number of thiophene rings is 1. The highest BCUT2D eigenvalue weighted by Gasteiger charge is 2.25. The van der Waals surface area contributed by atoms with Gasteiger partial charge in [0.2, 0.25) is 0 Å². The smallest absolute Gasteiger partial charge is 0.409 e. The van der Waals surface area contributed by atoms with Gasteiger partial charge in [0, 0.05) is 19.1 Å². The Labute approximate surface area is 137 Å². The van der Waals surface area contributed by atoms with Gasteiger partial charge in [-0.1, -0.05) is 0 Å². The number of carbonyl (C=O) groups excluding carboxylic acids is 3. The summed E-state index contributed by atoms with van der Waals surface area (Å²) in [6, 6.07) is 3.00. The van der Waals surface area contributed by atoms with Crippen LogP contribution < -0.4 is 10.8 Å². The number of hydroxylamine groups is 1. The molecule has 1 aliphatic heterocycles. The molecule has 0 aliphatic carbocycles. The molecule has 0 atom stereocenters. The number of piperidine rings is 1. The first-order valence-corrected chi connectivity index (χ1v) is 8.13. The minimum absolute atomic E-state index is 0.0228. The molecule has 1 fully saturated rings. The van der Waals surface area contributed by atoms with Gasteiger partial charge < -0.3 is 15.0 Å². The maximum absolute atomic E-state index is 12.2. The zero-order valence-corrected chi connectivity index (χ0v) is 13.5. The van der Waals surface area contributed by atoms with Crippen LogP contribution >= 0.6 is 11.3 Å². The molecule has 1 aliphatic rings. The number of hydrogen-bond acceptors (Lipinski definition) is 6. The summed E-state index contributed by atoms with van der Waals surface area (Å²) in [4.78, 5) is 37.3. The SMILES string of the molecule is CCOC(=O)N1CCC(NC(=O)c2ccc(C(=O)NO)s2)CC1. The zero-order chi connectivity index (χ0) is 16.8. The molecule has 0 aromatic carbocycles. The average molecular weight is 341 g/mol. The molecule has 3 amide bonds. The minimum Gasteiger partial charge on any atom is -0.450 e. The van der Waals surface area contributed by atoms with Crippen LogP contribution in [0.1, 0.15) is 39.1 Å². The molecule has 0 radical (unpaired) electrons. The third-order valence-corrected chi connectivity index (χ3v) is 4.59. The van der Waals surface area contributed by atoms with Crippen molar-refractivity contribution in [2.75, 3.05) is 19.7 Å². The van der Waals surface area contributed by atoms with E-state index in [1.54, 1.807) is 11.8 Å². The quantitative estimate of drug-likeness (QED) is 0.564. The molecule has 0 saturated carbocycles. The van der Waals surface area contributed by atoms with Crippen molar-refractivity contribution < 1.29 is 24.3 Å². The van der Waals surface area contributed by atoms with Crippen molar-refractivity contribution in [1.29, 1.82) is 0 Å². The minimum atomic E-state index is -0.642. The highest BCUT2D eigenvalue weighted by atomic mass is 32.1. The Hall–Kier alpha value is -2.13. The van der Waals surface area contributed by atoms with E-state index in [1.165, 1.54) is 17.6 Å². The second kappa shape index (κ2) is 7.93. The molecule has 1 aromatic heterocycles. The first-order valence-electron chi connectivity index (χ1n) is 7.32. The number of nitrogens with zero attached hydrogens (tertiary/aromatic N) is 1. The molecule has 2 heterocycles. The van der Waals surface area contributed by atoms with Gasteiger partial charge in [-0.3, -0.25) is 14.8 Å². The second-order valence-corrected chi connectivity index (χ2v) is 6.12. The van der Waals surface area contributed by atoms with Gasteiger partial charge in [-0.2, -0.15) is 0 Å².